The van der Waals surface area contributed by atoms with Gasteiger partial charge in [-0.15, -0.1) is 0 Å². The van der Waals surface area contributed by atoms with Crippen LogP contribution in [0.4, 0.5) is 16.2 Å². The van der Waals surface area contributed by atoms with E-state index in [0.717, 1.165) is 44.5 Å². The van der Waals surface area contributed by atoms with Crippen LogP contribution < -0.4 is 10.2 Å². The van der Waals surface area contributed by atoms with Gasteiger partial charge in [-0.3, -0.25) is 5.32 Å². The number of nitrogens with zero attached hydrogens (tertiary/aromatic N) is 1. The molecule has 0 aromatic heterocycles. The quantitative estimate of drug-likeness (QED) is 0.814. The third-order valence-corrected chi connectivity index (χ3v) is 3.82. The Kier molecular flexibility index (Phi) is 5.88. The highest BCUT2D eigenvalue weighted by atomic mass is 16.6. The van der Waals surface area contributed by atoms with Crippen LogP contribution in [0.25, 0.3) is 0 Å². The van der Waals surface area contributed by atoms with Gasteiger partial charge in [0.25, 0.3) is 0 Å². The Morgan fingerprint density at radius 3 is 2.83 bits per heavy atom. The minimum absolute atomic E-state index is 0.237. The van der Waals surface area contributed by atoms with Crippen LogP contribution in [0.2, 0.25) is 0 Å². The largest absolute Gasteiger partial charge is 0.444 e. The first-order chi connectivity index (χ1) is 10.9. The minimum Gasteiger partial charge on any atom is -0.444 e. The van der Waals surface area contributed by atoms with Crippen molar-refractivity contribution in [1.29, 1.82) is 0 Å². The van der Waals surface area contributed by atoms with Crippen LogP contribution in [0.1, 0.15) is 45.6 Å². The zero-order valence-electron chi connectivity index (χ0n) is 14.4. The van der Waals surface area contributed by atoms with Crippen LogP contribution in [-0.4, -0.2) is 36.5 Å². The molecular weight excluding hydrogens is 292 g/mol. The highest BCUT2D eigenvalue weighted by Gasteiger charge is 2.21. The molecule has 1 aliphatic rings. The van der Waals surface area contributed by atoms with Crippen molar-refractivity contribution in [3.63, 3.8) is 0 Å². The molecule has 1 amide bonds. The van der Waals surface area contributed by atoms with Gasteiger partial charge in [-0.05, 0) is 64.2 Å². The molecule has 5 heteroatoms. The highest BCUT2D eigenvalue weighted by Crippen LogP contribution is 2.33. The Hall–Kier alpha value is -1.75. The second-order valence-corrected chi connectivity index (χ2v) is 6.95. The molecule has 2 rings (SSSR count). The van der Waals surface area contributed by atoms with Crippen LogP contribution in [-0.2, 0) is 11.2 Å². The molecule has 128 valence electrons. The molecule has 1 aliphatic heterocycles. The molecular formula is C18H28N2O3. The molecule has 1 aromatic rings. The summed E-state index contributed by atoms with van der Waals surface area (Å²) in [6, 6.07) is 6.00. The van der Waals surface area contributed by atoms with E-state index in [1.807, 2.05) is 32.9 Å². The topological polar surface area (TPSA) is 61.8 Å². The average Bonchev–Trinajstić information content (AvgIpc) is 2.46. The summed E-state index contributed by atoms with van der Waals surface area (Å²) in [5, 5.41) is 11.8. The van der Waals surface area contributed by atoms with Crippen LogP contribution >= 0.6 is 0 Å². The first kappa shape index (κ1) is 17.6. The van der Waals surface area contributed by atoms with Gasteiger partial charge in [0, 0.05) is 31.1 Å². The number of benzene rings is 1. The molecule has 0 radical (unpaired) electrons. The zero-order valence-corrected chi connectivity index (χ0v) is 14.4. The van der Waals surface area contributed by atoms with Crippen molar-refractivity contribution in [1.82, 2.24) is 0 Å². The van der Waals surface area contributed by atoms with Crippen molar-refractivity contribution in [2.24, 2.45) is 0 Å². The van der Waals surface area contributed by atoms with Gasteiger partial charge < -0.3 is 14.7 Å². The first-order valence-corrected chi connectivity index (χ1v) is 8.38. The number of hydrogen-bond acceptors (Lipinski definition) is 4. The lowest BCUT2D eigenvalue weighted by Gasteiger charge is -2.32. The van der Waals surface area contributed by atoms with E-state index >= 15 is 0 Å². The molecule has 23 heavy (non-hydrogen) atoms. The fraction of sp³-hybridized carbons (Fsp3) is 0.611. The van der Waals surface area contributed by atoms with Gasteiger partial charge in [-0.25, -0.2) is 4.79 Å². The number of anilines is 2. The molecule has 0 fully saturated rings. The number of amides is 1. The molecule has 0 saturated carbocycles. The molecule has 5 nitrogen and oxygen atoms in total. The molecule has 1 aromatic carbocycles. The van der Waals surface area contributed by atoms with Crippen LogP contribution in [0.5, 0.6) is 0 Å². The lowest BCUT2D eigenvalue weighted by atomic mass is 9.99. The summed E-state index contributed by atoms with van der Waals surface area (Å²) >= 11 is 0. The molecule has 0 aliphatic carbocycles. The minimum atomic E-state index is -0.505. The third-order valence-electron chi connectivity index (χ3n) is 3.82. The first-order valence-electron chi connectivity index (χ1n) is 8.38. The Morgan fingerprint density at radius 2 is 2.13 bits per heavy atom. The van der Waals surface area contributed by atoms with Crippen molar-refractivity contribution < 1.29 is 14.6 Å². The number of fused-ring (bicyclic) bond motifs is 1. The Morgan fingerprint density at radius 1 is 1.35 bits per heavy atom. The van der Waals surface area contributed by atoms with Crippen molar-refractivity contribution in [3.05, 3.63) is 23.8 Å². The normalized spacial score (nSPS) is 14.3. The fourth-order valence-corrected chi connectivity index (χ4v) is 2.88. The van der Waals surface area contributed by atoms with E-state index in [-0.39, 0.29) is 6.61 Å². The number of rotatable bonds is 5. The average molecular weight is 320 g/mol. The predicted molar refractivity (Wildman–Crippen MR) is 93.2 cm³/mol. The summed E-state index contributed by atoms with van der Waals surface area (Å²) in [5.74, 6) is 0. The number of carbonyl (C=O) groups is 1. The van der Waals surface area contributed by atoms with E-state index in [0.29, 0.717) is 0 Å². The van der Waals surface area contributed by atoms with Crippen LogP contribution in [0.15, 0.2) is 18.2 Å². The summed E-state index contributed by atoms with van der Waals surface area (Å²) in [7, 11) is 0. The predicted octanol–water partition coefficient (Wildman–Crippen LogP) is 3.56. The molecule has 0 atom stereocenters. The SMILES string of the molecule is CC(C)(C)OC(=O)Nc1cccc2c1CCCN2CCCCO. The Balaban J connectivity index is 2.11. The Labute approximate surface area is 138 Å². The van der Waals surface area contributed by atoms with E-state index < -0.39 is 11.7 Å². The van der Waals surface area contributed by atoms with Gasteiger partial charge in [-0.2, -0.15) is 0 Å². The summed E-state index contributed by atoms with van der Waals surface area (Å²) in [6.45, 7) is 7.76. The van der Waals surface area contributed by atoms with E-state index in [4.69, 9.17) is 9.84 Å². The third kappa shape index (κ3) is 5.13. The zero-order chi connectivity index (χ0) is 16.9. The van der Waals surface area contributed by atoms with E-state index in [1.165, 1.54) is 11.3 Å². The van der Waals surface area contributed by atoms with Crippen molar-refractivity contribution in [3.8, 4) is 0 Å². The standard InChI is InChI=1S/C18H28N2O3/c1-18(2,3)23-17(22)19-15-9-6-10-16-14(15)8-7-12-20(16)11-4-5-13-21/h6,9-10,21H,4-5,7-8,11-13H2,1-3H3,(H,19,22). The number of hydrogen-bond donors (Lipinski definition) is 2. The smallest absolute Gasteiger partial charge is 0.412 e. The highest BCUT2D eigenvalue weighted by molar-refractivity contribution is 5.87. The maximum absolute atomic E-state index is 12.0. The lowest BCUT2D eigenvalue weighted by molar-refractivity contribution is 0.0636. The van der Waals surface area contributed by atoms with Gasteiger partial charge in [-0.1, -0.05) is 6.07 Å². The number of carbonyl (C=O) groups excluding carboxylic acids is 1. The monoisotopic (exact) mass is 320 g/mol. The summed E-state index contributed by atoms with van der Waals surface area (Å²) in [6.07, 6.45) is 3.40. The number of aliphatic hydroxyl groups excluding tert-OH is 1. The van der Waals surface area contributed by atoms with Gasteiger partial charge in [0.2, 0.25) is 0 Å². The van der Waals surface area contributed by atoms with E-state index in [1.54, 1.807) is 0 Å². The van der Waals surface area contributed by atoms with E-state index in [2.05, 4.69) is 16.3 Å². The van der Waals surface area contributed by atoms with Crippen LogP contribution in [0, 0.1) is 0 Å². The number of aliphatic hydroxyl groups is 1. The second-order valence-electron chi connectivity index (χ2n) is 6.95. The Bertz CT molecular complexity index is 538. The molecule has 0 saturated heterocycles. The van der Waals surface area contributed by atoms with E-state index in [9.17, 15) is 4.79 Å². The summed E-state index contributed by atoms with van der Waals surface area (Å²) in [5.41, 5.74) is 2.69. The van der Waals surface area contributed by atoms with Gasteiger partial charge >= 0.3 is 6.09 Å². The maximum Gasteiger partial charge on any atom is 0.412 e. The van der Waals surface area contributed by atoms with Crippen molar-refractivity contribution in [2.45, 2.75) is 52.1 Å². The van der Waals surface area contributed by atoms with Crippen LogP contribution in [0.3, 0.4) is 0 Å². The fourth-order valence-electron chi connectivity index (χ4n) is 2.88. The number of ether oxygens (including phenoxy) is 1. The second kappa shape index (κ2) is 7.68. The van der Waals surface area contributed by atoms with Gasteiger partial charge in [0.1, 0.15) is 5.60 Å². The maximum atomic E-state index is 12.0. The van der Waals surface area contributed by atoms with Crippen molar-refractivity contribution in [2.75, 3.05) is 29.9 Å². The molecule has 0 spiro atoms. The molecule has 0 unspecified atom stereocenters. The van der Waals surface area contributed by atoms with Crippen molar-refractivity contribution >= 4 is 17.5 Å². The number of nitrogens with one attached hydrogen (secondary N) is 1. The summed E-state index contributed by atoms with van der Waals surface area (Å²) in [4.78, 5) is 14.4. The number of unbranched alkanes of at least 4 members (excludes halogenated alkanes) is 1. The molecule has 1 heterocycles. The summed E-state index contributed by atoms with van der Waals surface area (Å²) < 4.78 is 5.35. The van der Waals surface area contributed by atoms with Gasteiger partial charge in [0.15, 0.2) is 0 Å². The molecule has 2 N–H and O–H groups in total. The lowest BCUT2D eigenvalue weighted by Crippen LogP contribution is -2.32. The van der Waals surface area contributed by atoms with Gasteiger partial charge in [0.05, 0.1) is 0 Å². The molecule has 0 bridgehead atoms.